The average Bonchev–Trinajstić information content (AvgIpc) is 3.26. The van der Waals surface area contributed by atoms with Crippen molar-refractivity contribution in [2.75, 3.05) is 69.3 Å². The van der Waals surface area contributed by atoms with Crippen LogP contribution < -0.4 is 14.5 Å². The van der Waals surface area contributed by atoms with E-state index in [1.54, 1.807) is 0 Å². The maximum absolute atomic E-state index is 14.1. The van der Waals surface area contributed by atoms with Crippen molar-refractivity contribution in [1.29, 1.82) is 0 Å². The van der Waals surface area contributed by atoms with Gasteiger partial charge in [0, 0.05) is 52.0 Å². The molecule has 2 fully saturated rings. The molecule has 2 aromatic rings. The second kappa shape index (κ2) is 11.5. The van der Waals surface area contributed by atoms with Crippen LogP contribution in [0.4, 0.5) is 51.7 Å². The standard InChI is InChI=1S/C25H25F7N4O4/c1-33(18-4-2-17(26)3-5-18)23(38)40-21-19(25(30,31)32)14-16(24(27,28)29)15-20(21)36-9-8-35(22(36)37)7-6-34-10-12-39-13-11-34/h2-5,14-15H,6-13H2,1H3. The molecule has 0 aromatic heterocycles. The third kappa shape index (κ3) is 6.58. The SMILES string of the molecule is CN(C(=O)Oc1c(N2CCN(CCN3CCOCC3)C2=O)cc(C(F)(F)F)cc1C(F)(F)F)c1ccc(F)cc1. The van der Waals surface area contributed by atoms with Crippen LogP contribution in [0.15, 0.2) is 36.4 Å². The van der Waals surface area contributed by atoms with Gasteiger partial charge in [-0.05, 0) is 36.4 Å². The number of carbonyl (C=O) groups excluding carboxylic acids is 2. The highest BCUT2D eigenvalue weighted by atomic mass is 19.4. The minimum absolute atomic E-state index is 0.0314. The predicted molar refractivity (Wildman–Crippen MR) is 129 cm³/mol. The fraction of sp³-hybridized carbons (Fsp3) is 0.440. The molecule has 0 atom stereocenters. The van der Waals surface area contributed by atoms with Crippen molar-refractivity contribution in [1.82, 2.24) is 9.80 Å². The van der Waals surface area contributed by atoms with Gasteiger partial charge in [-0.2, -0.15) is 26.3 Å². The van der Waals surface area contributed by atoms with E-state index in [9.17, 15) is 40.3 Å². The van der Waals surface area contributed by atoms with Crippen molar-refractivity contribution >= 4 is 23.5 Å². The molecule has 4 rings (SSSR count). The maximum Gasteiger partial charge on any atom is 0.420 e. The number of benzene rings is 2. The summed E-state index contributed by atoms with van der Waals surface area (Å²) in [5.74, 6) is -1.89. The molecule has 0 aliphatic carbocycles. The van der Waals surface area contributed by atoms with Gasteiger partial charge in [-0.3, -0.25) is 14.7 Å². The lowest BCUT2D eigenvalue weighted by Crippen LogP contribution is -2.42. The highest BCUT2D eigenvalue weighted by molar-refractivity contribution is 5.97. The number of anilines is 2. The Morgan fingerprint density at radius 3 is 2.20 bits per heavy atom. The minimum atomic E-state index is -5.38. The molecule has 2 aliphatic heterocycles. The summed E-state index contributed by atoms with van der Waals surface area (Å²) in [4.78, 5) is 30.8. The largest absolute Gasteiger partial charge is 0.420 e. The van der Waals surface area contributed by atoms with E-state index in [-0.39, 0.29) is 31.4 Å². The normalized spacial score (nSPS) is 16.9. The third-order valence-corrected chi connectivity index (χ3v) is 6.55. The lowest BCUT2D eigenvalue weighted by molar-refractivity contribution is -0.143. The average molecular weight is 578 g/mol. The van der Waals surface area contributed by atoms with E-state index in [1.165, 1.54) is 4.90 Å². The number of hydrogen-bond acceptors (Lipinski definition) is 5. The summed E-state index contributed by atoms with van der Waals surface area (Å²) in [5.41, 5.74) is -4.35. The maximum atomic E-state index is 14.1. The number of amides is 3. The van der Waals surface area contributed by atoms with Gasteiger partial charge >= 0.3 is 24.5 Å². The number of ether oxygens (including phenoxy) is 2. The first kappa shape index (κ1) is 29.4. The molecule has 3 amide bonds. The molecule has 15 heteroatoms. The fourth-order valence-electron chi connectivity index (χ4n) is 4.32. The zero-order chi connectivity index (χ0) is 29.2. The highest BCUT2D eigenvalue weighted by Gasteiger charge is 2.44. The molecule has 2 heterocycles. The second-order valence-corrected chi connectivity index (χ2v) is 9.15. The minimum Gasteiger partial charge on any atom is -0.407 e. The van der Waals surface area contributed by atoms with Crippen LogP contribution in [-0.4, -0.2) is 81.5 Å². The van der Waals surface area contributed by atoms with Gasteiger partial charge < -0.3 is 14.4 Å². The topological polar surface area (TPSA) is 65.6 Å². The van der Waals surface area contributed by atoms with E-state index in [1.807, 2.05) is 4.90 Å². The first-order chi connectivity index (χ1) is 18.8. The van der Waals surface area contributed by atoms with E-state index in [4.69, 9.17) is 9.47 Å². The van der Waals surface area contributed by atoms with Gasteiger partial charge in [-0.15, -0.1) is 0 Å². The number of nitrogens with zero attached hydrogens (tertiary/aromatic N) is 4. The van der Waals surface area contributed by atoms with E-state index in [2.05, 4.69) is 0 Å². The van der Waals surface area contributed by atoms with Gasteiger partial charge in [0.1, 0.15) is 11.4 Å². The molecular weight excluding hydrogens is 553 g/mol. The summed E-state index contributed by atoms with van der Waals surface area (Å²) in [6, 6.07) is 3.68. The van der Waals surface area contributed by atoms with Gasteiger partial charge in [0.2, 0.25) is 0 Å². The van der Waals surface area contributed by atoms with Crippen molar-refractivity contribution in [3.05, 3.63) is 53.3 Å². The van der Waals surface area contributed by atoms with Gasteiger partial charge in [0.15, 0.2) is 5.75 Å². The molecule has 0 saturated carbocycles. The number of urea groups is 1. The van der Waals surface area contributed by atoms with Crippen molar-refractivity contribution in [2.45, 2.75) is 12.4 Å². The molecule has 0 radical (unpaired) electrons. The predicted octanol–water partition coefficient (Wildman–Crippen LogP) is 5.07. The number of carbonyl (C=O) groups is 2. The van der Waals surface area contributed by atoms with Crippen molar-refractivity contribution in [3.8, 4) is 5.75 Å². The van der Waals surface area contributed by atoms with E-state index < -0.39 is 52.9 Å². The Kier molecular flexibility index (Phi) is 8.44. The molecule has 2 saturated heterocycles. The Morgan fingerprint density at radius 2 is 1.60 bits per heavy atom. The lowest BCUT2D eigenvalue weighted by Gasteiger charge is -2.29. The number of hydrogen-bond donors (Lipinski definition) is 0. The summed E-state index contributed by atoms with van der Waals surface area (Å²) in [6.45, 7) is 2.66. The first-order valence-corrected chi connectivity index (χ1v) is 12.2. The number of alkyl halides is 6. The van der Waals surface area contributed by atoms with E-state index in [0.29, 0.717) is 38.9 Å². The second-order valence-electron chi connectivity index (χ2n) is 9.15. The van der Waals surface area contributed by atoms with Crippen LogP contribution >= 0.6 is 0 Å². The fourth-order valence-corrected chi connectivity index (χ4v) is 4.32. The molecule has 40 heavy (non-hydrogen) atoms. The molecule has 0 unspecified atom stereocenters. The molecule has 0 spiro atoms. The van der Waals surface area contributed by atoms with Crippen LogP contribution in [0.2, 0.25) is 0 Å². The van der Waals surface area contributed by atoms with Gasteiger partial charge in [0.25, 0.3) is 0 Å². The first-order valence-electron chi connectivity index (χ1n) is 12.2. The summed E-state index contributed by atoms with van der Waals surface area (Å²) >= 11 is 0. The Labute approximate surface area is 224 Å². The number of halogens is 7. The molecule has 2 aromatic carbocycles. The smallest absolute Gasteiger partial charge is 0.407 e. The summed E-state index contributed by atoms with van der Waals surface area (Å²) in [7, 11) is 1.13. The molecule has 8 nitrogen and oxygen atoms in total. The monoisotopic (exact) mass is 578 g/mol. The molecule has 2 aliphatic rings. The Hall–Kier alpha value is -3.59. The molecule has 218 valence electrons. The van der Waals surface area contributed by atoms with Crippen molar-refractivity contribution in [3.63, 3.8) is 0 Å². The zero-order valence-electron chi connectivity index (χ0n) is 21.2. The quantitative estimate of drug-likeness (QED) is 0.448. The van der Waals surface area contributed by atoms with Gasteiger partial charge in [-0.25, -0.2) is 14.0 Å². The molecule has 0 N–H and O–H groups in total. The van der Waals surface area contributed by atoms with Gasteiger partial charge in [0.05, 0.1) is 24.5 Å². The van der Waals surface area contributed by atoms with Crippen LogP contribution in [0.1, 0.15) is 11.1 Å². The lowest BCUT2D eigenvalue weighted by atomic mass is 10.1. The van der Waals surface area contributed by atoms with Gasteiger partial charge in [-0.1, -0.05) is 0 Å². The number of morpholine rings is 1. The van der Waals surface area contributed by atoms with Crippen molar-refractivity contribution in [2.24, 2.45) is 0 Å². The highest BCUT2D eigenvalue weighted by Crippen LogP contribution is 2.47. The van der Waals surface area contributed by atoms with E-state index in [0.717, 1.165) is 41.1 Å². The van der Waals surface area contributed by atoms with Crippen molar-refractivity contribution < 1.29 is 49.8 Å². The summed E-state index contributed by atoms with van der Waals surface area (Å²) < 4.78 is 107. The van der Waals surface area contributed by atoms with Crippen LogP contribution in [0.5, 0.6) is 5.75 Å². The Balaban J connectivity index is 1.68. The van der Waals surface area contributed by atoms with Crippen LogP contribution in [-0.2, 0) is 17.1 Å². The van der Waals surface area contributed by atoms with Crippen LogP contribution in [0.25, 0.3) is 0 Å². The molecular formula is C25H25F7N4O4. The summed E-state index contributed by atoms with van der Waals surface area (Å²) in [6.07, 6.45) is -12.0. The molecule has 0 bridgehead atoms. The Bertz CT molecular complexity index is 1230. The third-order valence-electron chi connectivity index (χ3n) is 6.55. The Morgan fingerprint density at radius 1 is 0.950 bits per heavy atom. The summed E-state index contributed by atoms with van der Waals surface area (Å²) in [5, 5.41) is 0. The number of rotatable bonds is 6. The zero-order valence-corrected chi connectivity index (χ0v) is 21.2. The van der Waals surface area contributed by atoms with E-state index >= 15 is 0 Å². The van der Waals surface area contributed by atoms with Crippen LogP contribution in [0, 0.1) is 5.82 Å². The van der Waals surface area contributed by atoms with Crippen LogP contribution in [0.3, 0.4) is 0 Å².